The van der Waals surface area contributed by atoms with Crippen molar-refractivity contribution in [2.45, 2.75) is 59.0 Å². The number of nitrogens with zero attached hydrogens (tertiary/aromatic N) is 1. The maximum absolute atomic E-state index is 6.66. The normalized spacial score (nSPS) is 16.9. The third-order valence-corrected chi connectivity index (χ3v) is 6.42. The fraction of sp³-hybridized carbons (Fsp3) is 0.435. The highest BCUT2D eigenvalue weighted by atomic mass is 35.5. The van der Waals surface area contributed by atoms with Crippen LogP contribution in [0.25, 0.3) is 22.2 Å². The van der Waals surface area contributed by atoms with Crippen LogP contribution in [0.5, 0.6) is 0 Å². The Labute approximate surface area is 178 Å². The molecule has 0 unspecified atom stereocenters. The third-order valence-electron chi connectivity index (χ3n) is 6.10. The van der Waals surface area contributed by atoms with Gasteiger partial charge < -0.3 is 10.3 Å². The van der Waals surface area contributed by atoms with E-state index in [0.29, 0.717) is 11.5 Å². The van der Waals surface area contributed by atoms with Crippen molar-refractivity contribution in [2.75, 3.05) is 0 Å². The van der Waals surface area contributed by atoms with Crippen LogP contribution in [-0.4, -0.2) is 16.0 Å². The van der Waals surface area contributed by atoms with Gasteiger partial charge in [-0.1, -0.05) is 43.6 Å². The second-order valence-electron chi connectivity index (χ2n) is 8.67. The molecule has 0 bridgehead atoms. The van der Waals surface area contributed by atoms with Crippen molar-refractivity contribution in [3.05, 3.63) is 52.8 Å². The SMILES string of the molecule is Cc1c(-c2ccc(CNC3CCC(C)(C)CC3)cc2Cl)ccc2[nH]cnc12.Cl. The van der Waals surface area contributed by atoms with Gasteiger partial charge in [0.25, 0.3) is 0 Å². The summed E-state index contributed by atoms with van der Waals surface area (Å²) < 4.78 is 0. The molecule has 2 N–H and O–H groups in total. The number of hydrogen-bond acceptors (Lipinski definition) is 2. The van der Waals surface area contributed by atoms with Gasteiger partial charge >= 0.3 is 0 Å². The molecular weight excluding hydrogens is 389 g/mol. The minimum atomic E-state index is 0. The molecular formula is C23H29Cl2N3. The van der Waals surface area contributed by atoms with Crippen LogP contribution in [0.15, 0.2) is 36.7 Å². The molecule has 2 aromatic carbocycles. The van der Waals surface area contributed by atoms with Crippen LogP contribution < -0.4 is 5.32 Å². The highest BCUT2D eigenvalue weighted by Gasteiger charge is 2.26. The van der Waals surface area contributed by atoms with Gasteiger partial charge in [-0.15, -0.1) is 12.4 Å². The summed E-state index contributed by atoms with van der Waals surface area (Å²) in [5.41, 5.74) is 7.20. The van der Waals surface area contributed by atoms with Gasteiger partial charge in [-0.05, 0) is 66.8 Å². The smallest absolute Gasteiger partial charge is 0.0931 e. The van der Waals surface area contributed by atoms with Gasteiger partial charge in [0, 0.05) is 23.2 Å². The zero-order chi connectivity index (χ0) is 19.0. The molecule has 0 atom stereocenters. The molecule has 150 valence electrons. The number of imidazole rings is 1. The number of H-pyrrole nitrogens is 1. The summed E-state index contributed by atoms with van der Waals surface area (Å²) in [6, 6.07) is 11.3. The average Bonchev–Trinajstić information content (AvgIpc) is 3.12. The van der Waals surface area contributed by atoms with Crippen molar-refractivity contribution in [3.63, 3.8) is 0 Å². The van der Waals surface area contributed by atoms with Crippen molar-refractivity contribution >= 4 is 35.0 Å². The summed E-state index contributed by atoms with van der Waals surface area (Å²) in [4.78, 5) is 7.60. The Morgan fingerprint density at radius 1 is 1.14 bits per heavy atom. The summed E-state index contributed by atoms with van der Waals surface area (Å²) in [5.74, 6) is 0. The van der Waals surface area contributed by atoms with Crippen LogP contribution in [0.3, 0.4) is 0 Å². The largest absolute Gasteiger partial charge is 0.345 e. The van der Waals surface area contributed by atoms with Gasteiger partial charge in [-0.3, -0.25) is 0 Å². The maximum atomic E-state index is 6.66. The number of nitrogens with one attached hydrogen (secondary N) is 2. The first-order valence-electron chi connectivity index (χ1n) is 9.88. The lowest BCUT2D eigenvalue weighted by atomic mass is 9.75. The Morgan fingerprint density at radius 2 is 1.86 bits per heavy atom. The number of aromatic nitrogens is 2. The first-order valence-corrected chi connectivity index (χ1v) is 10.3. The van der Waals surface area contributed by atoms with Crippen molar-refractivity contribution < 1.29 is 0 Å². The molecule has 1 saturated carbocycles. The van der Waals surface area contributed by atoms with E-state index < -0.39 is 0 Å². The lowest BCUT2D eigenvalue weighted by Crippen LogP contribution is -2.35. The van der Waals surface area contributed by atoms with Crippen LogP contribution in [0, 0.1) is 12.3 Å². The zero-order valence-corrected chi connectivity index (χ0v) is 18.4. The molecule has 28 heavy (non-hydrogen) atoms. The van der Waals surface area contributed by atoms with E-state index >= 15 is 0 Å². The topological polar surface area (TPSA) is 40.7 Å². The van der Waals surface area contributed by atoms with E-state index in [1.807, 2.05) is 0 Å². The van der Waals surface area contributed by atoms with Crippen LogP contribution in [-0.2, 0) is 6.54 Å². The van der Waals surface area contributed by atoms with Gasteiger partial charge in [0.15, 0.2) is 0 Å². The molecule has 1 heterocycles. The first-order chi connectivity index (χ1) is 12.9. The molecule has 5 heteroatoms. The summed E-state index contributed by atoms with van der Waals surface area (Å²) in [6.07, 6.45) is 6.88. The maximum Gasteiger partial charge on any atom is 0.0931 e. The summed E-state index contributed by atoms with van der Waals surface area (Å²) >= 11 is 6.66. The van der Waals surface area contributed by atoms with Crippen LogP contribution in [0.4, 0.5) is 0 Å². The van der Waals surface area contributed by atoms with Crippen LogP contribution in [0.1, 0.15) is 50.7 Å². The van der Waals surface area contributed by atoms with Crippen LogP contribution in [0.2, 0.25) is 5.02 Å². The van der Waals surface area contributed by atoms with Gasteiger partial charge in [0.2, 0.25) is 0 Å². The molecule has 1 fully saturated rings. The molecule has 1 aliphatic carbocycles. The molecule has 0 spiro atoms. The van der Waals surface area contributed by atoms with E-state index in [-0.39, 0.29) is 12.4 Å². The molecule has 0 radical (unpaired) electrons. The lowest BCUT2D eigenvalue weighted by molar-refractivity contribution is 0.206. The minimum Gasteiger partial charge on any atom is -0.345 e. The monoisotopic (exact) mass is 417 g/mol. The summed E-state index contributed by atoms with van der Waals surface area (Å²) in [5, 5.41) is 4.52. The van der Waals surface area contributed by atoms with Crippen molar-refractivity contribution in [2.24, 2.45) is 5.41 Å². The molecule has 3 aromatic rings. The van der Waals surface area contributed by atoms with Gasteiger partial charge in [0.05, 0.1) is 17.4 Å². The second kappa shape index (κ2) is 8.44. The van der Waals surface area contributed by atoms with E-state index in [2.05, 4.69) is 66.4 Å². The lowest BCUT2D eigenvalue weighted by Gasteiger charge is -2.34. The second-order valence-corrected chi connectivity index (χ2v) is 9.08. The molecule has 1 aliphatic rings. The molecule has 0 saturated heterocycles. The number of rotatable bonds is 4. The predicted octanol–water partition coefficient (Wildman–Crippen LogP) is 6.67. The standard InChI is InChI=1S/C23H28ClN3.ClH/c1-15-18(6-7-21-22(15)27-14-26-21)19-5-4-16(12-20(19)24)13-25-17-8-10-23(2,3)11-9-17;/h4-7,12,14,17,25H,8-11,13H2,1-3H3,(H,26,27);1H. The Hall–Kier alpha value is -1.55. The molecule has 4 rings (SSSR count). The van der Waals surface area contributed by atoms with Crippen molar-refractivity contribution in [1.82, 2.24) is 15.3 Å². The van der Waals surface area contributed by atoms with E-state index in [1.165, 1.54) is 31.2 Å². The number of fused-ring (bicyclic) bond motifs is 1. The Balaban J connectivity index is 0.00000225. The first kappa shape index (κ1) is 21.2. The van der Waals surface area contributed by atoms with E-state index in [0.717, 1.165) is 39.3 Å². The number of aromatic amines is 1. The van der Waals surface area contributed by atoms with Crippen molar-refractivity contribution in [3.8, 4) is 11.1 Å². The average molecular weight is 418 g/mol. The molecule has 3 nitrogen and oxygen atoms in total. The number of benzene rings is 2. The Bertz CT molecular complexity index is 952. The van der Waals surface area contributed by atoms with Gasteiger partial charge in [0.1, 0.15) is 0 Å². The van der Waals surface area contributed by atoms with E-state index in [4.69, 9.17) is 11.6 Å². The molecule has 0 aliphatic heterocycles. The summed E-state index contributed by atoms with van der Waals surface area (Å²) in [7, 11) is 0. The number of aryl methyl sites for hydroxylation is 1. The van der Waals surface area contributed by atoms with Gasteiger partial charge in [-0.25, -0.2) is 4.98 Å². The van der Waals surface area contributed by atoms with E-state index in [9.17, 15) is 0 Å². The Kier molecular flexibility index (Phi) is 6.38. The van der Waals surface area contributed by atoms with Gasteiger partial charge in [-0.2, -0.15) is 0 Å². The quantitative estimate of drug-likeness (QED) is 0.497. The zero-order valence-electron chi connectivity index (χ0n) is 16.8. The van der Waals surface area contributed by atoms with E-state index in [1.54, 1.807) is 6.33 Å². The highest BCUT2D eigenvalue weighted by molar-refractivity contribution is 6.33. The van der Waals surface area contributed by atoms with Crippen LogP contribution >= 0.6 is 24.0 Å². The number of halogens is 2. The predicted molar refractivity (Wildman–Crippen MR) is 121 cm³/mol. The fourth-order valence-corrected chi connectivity index (χ4v) is 4.50. The Morgan fingerprint density at radius 3 is 2.57 bits per heavy atom. The molecule has 1 aromatic heterocycles. The fourth-order valence-electron chi connectivity index (χ4n) is 4.19. The highest BCUT2D eigenvalue weighted by Crippen LogP contribution is 2.36. The molecule has 0 amide bonds. The summed E-state index contributed by atoms with van der Waals surface area (Å²) in [6.45, 7) is 7.74. The third kappa shape index (κ3) is 4.37. The number of hydrogen-bond donors (Lipinski definition) is 2. The minimum absolute atomic E-state index is 0. The van der Waals surface area contributed by atoms with Crippen molar-refractivity contribution in [1.29, 1.82) is 0 Å².